The molecule has 0 radical (unpaired) electrons. The van der Waals surface area contributed by atoms with E-state index in [1.165, 1.54) is 0 Å². The molecule has 6 nitrogen and oxygen atoms in total. The van der Waals surface area contributed by atoms with Gasteiger partial charge in [0.1, 0.15) is 5.75 Å². The Hall–Kier alpha value is -3.02. The van der Waals surface area contributed by atoms with Crippen LogP contribution < -0.4 is 20.9 Å². The van der Waals surface area contributed by atoms with Gasteiger partial charge in [0.15, 0.2) is 0 Å². The Labute approximate surface area is 128 Å². The minimum Gasteiger partial charge on any atom is -0.497 e. The smallest absolute Gasteiger partial charge is 0.333 e. The number of amides is 3. The molecule has 0 atom stereocenters. The first kappa shape index (κ1) is 15.4. The maximum Gasteiger partial charge on any atom is 0.333 e. The molecule has 6 heteroatoms. The lowest BCUT2D eigenvalue weighted by molar-refractivity contribution is 0.0936. The Morgan fingerprint density at radius 2 is 1.64 bits per heavy atom. The number of hydrazine groups is 1. The lowest BCUT2D eigenvalue weighted by Crippen LogP contribution is -2.46. The summed E-state index contributed by atoms with van der Waals surface area (Å²) in [6.07, 6.45) is 0. The molecule has 0 aliphatic heterocycles. The quantitative estimate of drug-likeness (QED) is 0.754. The van der Waals surface area contributed by atoms with E-state index >= 15 is 0 Å². The van der Waals surface area contributed by atoms with Gasteiger partial charge in [-0.1, -0.05) is 30.3 Å². The van der Waals surface area contributed by atoms with Crippen molar-refractivity contribution < 1.29 is 14.3 Å². The largest absolute Gasteiger partial charge is 0.497 e. The maximum atomic E-state index is 11.7. The number of methoxy groups -OCH3 is 1. The number of nitrogens with one attached hydrogen (secondary N) is 3. The highest BCUT2D eigenvalue weighted by atomic mass is 16.5. The standard InChI is InChI=1S/C16H17N3O3/c1-22-14-9-7-12(8-10-14)11-17-16(21)19-18-15(20)13-5-3-2-4-6-13/h2-10H,11H2,1H3,(H,18,20)(H2,17,19,21). The van der Waals surface area contributed by atoms with Crippen molar-refractivity contribution in [3.05, 3.63) is 65.7 Å². The van der Waals surface area contributed by atoms with Crippen molar-refractivity contribution in [1.29, 1.82) is 0 Å². The van der Waals surface area contributed by atoms with Gasteiger partial charge in [0.05, 0.1) is 7.11 Å². The van der Waals surface area contributed by atoms with Crippen molar-refractivity contribution >= 4 is 11.9 Å². The molecule has 22 heavy (non-hydrogen) atoms. The van der Waals surface area contributed by atoms with E-state index in [9.17, 15) is 9.59 Å². The average molecular weight is 299 g/mol. The van der Waals surface area contributed by atoms with Crippen LogP contribution in [0.3, 0.4) is 0 Å². The molecule has 0 bridgehead atoms. The number of benzene rings is 2. The van der Waals surface area contributed by atoms with Gasteiger partial charge in [0.25, 0.3) is 5.91 Å². The molecule has 3 amide bonds. The van der Waals surface area contributed by atoms with Gasteiger partial charge in [-0.15, -0.1) is 0 Å². The van der Waals surface area contributed by atoms with Gasteiger partial charge >= 0.3 is 6.03 Å². The second kappa shape index (κ2) is 7.68. The fourth-order valence-corrected chi connectivity index (χ4v) is 1.75. The lowest BCUT2D eigenvalue weighted by Gasteiger charge is -2.09. The van der Waals surface area contributed by atoms with E-state index in [1.54, 1.807) is 31.4 Å². The normalized spacial score (nSPS) is 9.68. The molecule has 0 spiro atoms. The summed E-state index contributed by atoms with van der Waals surface area (Å²) >= 11 is 0. The molecule has 114 valence electrons. The number of ether oxygens (including phenoxy) is 1. The molecule has 0 fully saturated rings. The molecular formula is C16H17N3O3. The van der Waals surface area contributed by atoms with Crippen molar-refractivity contribution in [2.45, 2.75) is 6.54 Å². The van der Waals surface area contributed by atoms with Crippen molar-refractivity contribution in [3.63, 3.8) is 0 Å². The average Bonchev–Trinajstić information content (AvgIpc) is 2.59. The molecule has 3 N–H and O–H groups in total. The molecule has 0 aliphatic carbocycles. The van der Waals surface area contributed by atoms with Gasteiger partial charge < -0.3 is 10.1 Å². The van der Waals surface area contributed by atoms with Crippen LogP contribution in [0.15, 0.2) is 54.6 Å². The maximum absolute atomic E-state index is 11.7. The van der Waals surface area contributed by atoms with E-state index in [1.807, 2.05) is 30.3 Å². The molecule has 2 aromatic rings. The predicted molar refractivity (Wildman–Crippen MR) is 82.3 cm³/mol. The van der Waals surface area contributed by atoms with E-state index in [4.69, 9.17) is 4.74 Å². The fourth-order valence-electron chi connectivity index (χ4n) is 1.75. The zero-order valence-electron chi connectivity index (χ0n) is 12.1. The Balaban J connectivity index is 1.74. The Morgan fingerprint density at radius 3 is 2.27 bits per heavy atom. The summed E-state index contributed by atoms with van der Waals surface area (Å²) in [5, 5.41) is 2.64. The highest BCUT2D eigenvalue weighted by Crippen LogP contribution is 2.10. The lowest BCUT2D eigenvalue weighted by atomic mass is 10.2. The van der Waals surface area contributed by atoms with Gasteiger partial charge in [-0.2, -0.15) is 0 Å². The van der Waals surface area contributed by atoms with Crippen LogP contribution in [0.2, 0.25) is 0 Å². The molecular weight excluding hydrogens is 282 g/mol. The summed E-state index contributed by atoms with van der Waals surface area (Å²) in [5.41, 5.74) is 6.02. The topological polar surface area (TPSA) is 79.5 Å². The highest BCUT2D eigenvalue weighted by Gasteiger charge is 2.06. The molecule has 0 aromatic heterocycles. The van der Waals surface area contributed by atoms with Gasteiger partial charge in [-0.3, -0.25) is 10.2 Å². The molecule has 0 unspecified atom stereocenters. The first-order valence-electron chi connectivity index (χ1n) is 6.71. The van der Waals surface area contributed by atoms with Crippen molar-refractivity contribution in [2.75, 3.05) is 7.11 Å². The summed E-state index contributed by atoms with van der Waals surface area (Å²) in [5.74, 6) is 0.378. The summed E-state index contributed by atoms with van der Waals surface area (Å²) < 4.78 is 5.05. The predicted octanol–water partition coefficient (Wildman–Crippen LogP) is 1.84. The Morgan fingerprint density at radius 1 is 0.955 bits per heavy atom. The third kappa shape index (κ3) is 4.52. The van der Waals surface area contributed by atoms with Crippen LogP contribution in [0.5, 0.6) is 5.75 Å². The molecule has 0 saturated heterocycles. The number of carbonyl (C=O) groups excluding carboxylic acids is 2. The van der Waals surface area contributed by atoms with Gasteiger partial charge in [0, 0.05) is 12.1 Å². The molecule has 0 heterocycles. The summed E-state index contributed by atoms with van der Waals surface area (Å²) in [7, 11) is 1.59. The zero-order valence-corrected chi connectivity index (χ0v) is 12.1. The van der Waals surface area contributed by atoms with Gasteiger partial charge in [-0.05, 0) is 29.8 Å². The van der Waals surface area contributed by atoms with Crippen molar-refractivity contribution in [1.82, 2.24) is 16.2 Å². The van der Waals surface area contributed by atoms with Crippen LogP contribution in [-0.2, 0) is 6.54 Å². The van der Waals surface area contributed by atoms with E-state index in [0.717, 1.165) is 11.3 Å². The SMILES string of the molecule is COc1ccc(CNC(=O)NNC(=O)c2ccccc2)cc1. The fraction of sp³-hybridized carbons (Fsp3) is 0.125. The number of hydrogen-bond donors (Lipinski definition) is 3. The molecule has 2 aromatic carbocycles. The van der Waals surface area contributed by atoms with Crippen molar-refractivity contribution in [3.8, 4) is 5.75 Å². The van der Waals surface area contributed by atoms with E-state index in [2.05, 4.69) is 16.2 Å². The molecule has 2 rings (SSSR count). The molecule has 0 saturated carbocycles. The number of hydrogen-bond acceptors (Lipinski definition) is 3. The van der Waals surface area contributed by atoms with Crippen LogP contribution in [0.1, 0.15) is 15.9 Å². The first-order valence-corrected chi connectivity index (χ1v) is 6.71. The first-order chi connectivity index (χ1) is 10.7. The van der Waals surface area contributed by atoms with Crippen LogP contribution in [0.4, 0.5) is 4.79 Å². The van der Waals surface area contributed by atoms with E-state index in [-0.39, 0.29) is 5.91 Å². The van der Waals surface area contributed by atoms with E-state index < -0.39 is 6.03 Å². The number of rotatable bonds is 4. The van der Waals surface area contributed by atoms with Crippen LogP contribution in [0.25, 0.3) is 0 Å². The van der Waals surface area contributed by atoms with Gasteiger partial charge in [-0.25, -0.2) is 10.2 Å². The Bertz CT molecular complexity index is 627. The number of carbonyl (C=O) groups is 2. The van der Waals surface area contributed by atoms with Crippen LogP contribution in [-0.4, -0.2) is 19.0 Å². The zero-order chi connectivity index (χ0) is 15.8. The number of urea groups is 1. The summed E-state index contributed by atoms with van der Waals surface area (Å²) in [4.78, 5) is 23.3. The summed E-state index contributed by atoms with van der Waals surface area (Å²) in [6, 6.07) is 15.5. The van der Waals surface area contributed by atoms with Crippen LogP contribution in [0, 0.1) is 0 Å². The van der Waals surface area contributed by atoms with E-state index in [0.29, 0.717) is 12.1 Å². The van der Waals surface area contributed by atoms with Crippen LogP contribution >= 0.6 is 0 Å². The monoisotopic (exact) mass is 299 g/mol. The minimum absolute atomic E-state index is 0.344. The van der Waals surface area contributed by atoms with Crippen molar-refractivity contribution in [2.24, 2.45) is 0 Å². The second-order valence-corrected chi connectivity index (χ2v) is 4.48. The third-order valence-electron chi connectivity index (χ3n) is 2.94. The minimum atomic E-state index is -0.486. The molecule has 0 aliphatic rings. The second-order valence-electron chi connectivity index (χ2n) is 4.48. The summed E-state index contributed by atoms with van der Waals surface area (Å²) in [6.45, 7) is 0.344. The Kier molecular flexibility index (Phi) is 5.37. The van der Waals surface area contributed by atoms with Gasteiger partial charge in [0.2, 0.25) is 0 Å². The third-order valence-corrected chi connectivity index (χ3v) is 2.94. The highest BCUT2D eigenvalue weighted by molar-refractivity contribution is 5.95.